The van der Waals surface area contributed by atoms with Crippen molar-refractivity contribution < 1.29 is 9.72 Å². The smallest absolute Gasteiger partial charge is 0.312 e. The molecule has 10 nitrogen and oxygen atoms in total. The van der Waals surface area contributed by atoms with Crippen molar-refractivity contribution in [3.63, 3.8) is 0 Å². The van der Waals surface area contributed by atoms with Gasteiger partial charge in [0.25, 0.3) is 0 Å². The highest BCUT2D eigenvalue weighted by molar-refractivity contribution is 5.78. The fraction of sp³-hybridized carbons (Fsp3) is 0.632. The van der Waals surface area contributed by atoms with Crippen molar-refractivity contribution in [3.8, 4) is 0 Å². The average Bonchev–Trinajstić information content (AvgIpc) is 3.12. The molecule has 29 heavy (non-hydrogen) atoms. The van der Waals surface area contributed by atoms with Crippen LogP contribution < -0.4 is 0 Å². The molecule has 0 N–H and O–H groups in total. The number of rotatable bonds is 6. The van der Waals surface area contributed by atoms with E-state index in [1.807, 2.05) is 36.7 Å². The summed E-state index contributed by atoms with van der Waals surface area (Å²) in [4.78, 5) is 27.9. The highest BCUT2D eigenvalue weighted by atomic mass is 16.6. The third-order valence-electron chi connectivity index (χ3n) is 5.59. The summed E-state index contributed by atoms with van der Waals surface area (Å²) in [6.45, 7) is 11.3. The Morgan fingerprint density at radius 2 is 1.83 bits per heavy atom. The lowest BCUT2D eigenvalue weighted by Gasteiger charge is -2.36. The van der Waals surface area contributed by atoms with Gasteiger partial charge in [0.05, 0.1) is 23.1 Å². The average molecular weight is 403 g/mol. The molecule has 2 aromatic heterocycles. The SMILES string of the molecule is Cc1nn(C)cc1CN1CCN(C(=O)C(C)Cn2nc(C)c([N+](=O)[O-])c2C)CC1. The Morgan fingerprint density at radius 1 is 1.17 bits per heavy atom. The molecule has 0 aliphatic carbocycles. The van der Waals surface area contributed by atoms with Crippen LogP contribution >= 0.6 is 0 Å². The molecule has 1 saturated heterocycles. The molecule has 1 atom stereocenters. The summed E-state index contributed by atoms with van der Waals surface area (Å²) in [7, 11) is 1.92. The number of aromatic nitrogens is 4. The van der Waals surface area contributed by atoms with Crippen LogP contribution in [0.4, 0.5) is 5.69 Å². The quantitative estimate of drug-likeness (QED) is 0.534. The van der Waals surface area contributed by atoms with Gasteiger partial charge in [0, 0.05) is 51.5 Å². The van der Waals surface area contributed by atoms with Crippen LogP contribution in [-0.2, 0) is 24.9 Å². The third-order valence-corrected chi connectivity index (χ3v) is 5.59. The molecule has 1 fully saturated rings. The number of carbonyl (C=O) groups is 1. The van der Waals surface area contributed by atoms with Crippen molar-refractivity contribution in [2.45, 2.75) is 40.8 Å². The van der Waals surface area contributed by atoms with E-state index in [0.717, 1.165) is 25.3 Å². The van der Waals surface area contributed by atoms with Crippen LogP contribution in [0.1, 0.15) is 29.6 Å². The number of nitro groups is 1. The van der Waals surface area contributed by atoms with Crippen LogP contribution in [0, 0.1) is 36.8 Å². The normalized spacial score (nSPS) is 16.2. The van der Waals surface area contributed by atoms with E-state index in [9.17, 15) is 14.9 Å². The predicted octanol–water partition coefficient (Wildman–Crippen LogP) is 1.43. The number of hydrogen-bond donors (Lipinski definition) is 0. The first-order valence-electron chi connectivity index (χ1n) is 9.86. The van der Waals surface area contributed by atoms with Crippen molar-refractivity contribution in [2.75, 3.05) is 26.2 Å². The molecule has 1 amide bonds. The van der Waals surface area contributed by atoms with E-state index < -0.39 is 4.92 Å². The fourth-order valence-electron chi connectivity index (χ4n) is 3.95. The van der Waals surface area contributed by atoms with Gasteiger partial charge in [-0.05, 0) is 20.8 Å². The summed E-state index contributed by atoms with van der Waals surface area (Å²) in [5.41, 5.74) is 3.16. The molecule has 0 radical (unpaired) electrons. The Hall–Kier alpha value is -2.75. The van der Waals surface area contributed by atoms with Gasteiger partial charge in [0.1, 0.15) is 11.4 Å². The maximum absolute atomic E-state index is 12.9. The molecular formula is C19H29N7O3. The summed E-state index contributed by atoms with van der Waals surface area (Å²) < 4.78 is 3.41. The number of amides is 1. The summed E-state index contributed by atoms with van der Waals surface area (Å²) in [5.74, 6) is -0.225. The van der Waals surface area contributed by atoms with Crippen LogP contribution in [0.25, 0.3) is 0 Å². The Labute approximate surface area is 170 Å². The molecule has 0 spiro atoms. The van der Waals surface area contributed by atoms with Crippen LogP contribution in [0.3, 0.4) is 0 Å². The lowest BCUT2D eigenvalue weighted by molar-refractivity contribution is -0.386. The number of nitrogens with zero attached hydrogens (tertiary/aromatic N) is 7. The van der Waals surface area contributed by atoms with Gasteiger partial charge >= 0.3 is 5.69 Å². The molecule has 3 heterocycles. The molecule has 2 aromatic rings. The Balaban J connectivity index is 1.56. The van der Waals surface area contributed by atoms with Crippen molar-refractivity contribution in [3.05, 3.63) is 39.0 Å². The number of aryl methyl sites for hydroxylation is 3. The maximum atomic E-state index is 12.9. The Morgan fingerprint density at radius 3 is 2.34 bits per heavy atom. The van der Waals surface area contributed by atoms with E-state index in [-0.39, 0.29) is 17.5 Å². The largest absolute Gasteiger partial charge is 0.340 e. The topological polar surface area (TPSA) is 102 Å². The van der Waals surface area contributed by atoms with Crippen molar-refractivity contribution in [1.29, 1.82) is 0 Å². The van der Waals surface area contributed by atoms with Crippen LogP contribution in [0.5, 0.6) is 0 Å². The zero-order valence-electron chi connectivity index (χ0n) is 17.8. The molecule has 1 unspecified atom stereocenters. The summed E-state index contributed by atoms with van der Waals surface area (Å²) in [5, 5.41) is 19.8. The highest BCUT2D eigenvalue weighted by Gasteiger charge is 2.28. The standard InChI is InChI=1S/C19H29N7O3/c1-13(10-25-16(4)18(26(28)29)15(3)21-25)19(27)24-8-6-23(7-9-24)12-17-11-22(5)20-14(17)2/h11,13H,6-10,12H2,1-5H3. The first-order chi connectivity index (χ1) is 13.7. The molecule has 10 heteroatoms. The van der Waals surface area contributed by atoms with Gasteiger partial charge in [-0.2, -0.15) is 10.2 Å². The summed E-state index contributed by atoms with van der Waals surface area (Å²) in [6, 6.07) is 0. The first kappa shape index (κ1) is 21.0. The molecule has 1 aliphatic rings. The third kappa shape index (κ3) is 4.47. The van der Waals surface area contributed by atoms with E-state index in [0.29, 0.717) is 31.0 Å². The van der Waals surface area contributed by atoms with Gasteiger partial charge in [-0.15, -0.1) is 0 Å². The van der Waals surface area contributed by atoms with Gasteiger partial charge in [0.2, 0.25) is 5.91 Å². The number of carbonyl (C=O) groups excluding carboxylic acids is 1. The molecule has 0 aromatic carbocycles. The zero-order valence-corrected chi connectivity index (χ0v) is 17.8. The highest BCUT2D eigenvalue weighted by Crippen LogP contribution is 2.23. The molecule has 0 saturated carbocycles. The van der Waals surface area contributed by atoms with Crippen molar-refractivity contribution in [2.24, 2.45) is 13.0 Å². The second kappa shape index (κ2) is 8.32. The minimum Gasteiger partial charge on any atom is -0.340 e. The molecule has 158 valence electrons. The Bertz CT molecular complexity index is 909. The molecule has 0 bridgehead atoms. The van der Waals surface area contributed by atoms with E-state index in [1.165, 1.54) is 5.56 Å². The fourth-order valence-corrected chi connectivity index (χ4v) is 3.95. The van der Waals surface area contributed by atoms with Crippen LogP contribution in [-0.4, -0.2) is 66.4 Å². The van der Waals surface area contributed by atoms with Gasteiger partial charge in [-0.3, -0.25) is 29.2 Å². The van der Waals surface area contributed by atoms with Gasteiger partial charge in [-0.1, -0.05) is 6.92 Å². The molecule has 3 rings (SSSR count). The first-order valence-corrected chi connectivity index (χ1v) is 9.86. The summed E-state index contributed by atoms with van der Waals surface area (Å²) >= 11 is 0. The monoisotopic (exact) mass is 403 g/mol. The van der Waals surface area contributed by atoms with E-state index in [2.05, 4.69) is 15.1 Å². The van der Waals surface area contributed by atoms with E-state index >= 15 is 0 Å². The minimum absolute atomic E-state index is 0.0314. The molecular weight excluding hydrogens is 374 g/mol. The van der Waals surface area contributed by atoms with Gasteiger partial charge < -0.3 is 4.90 Å². The van der Waals surface area contributed by atoms with Crippen molar-refractivity contribution >= 4 is 11.6 Å². The maximum Gasteiger partial charge on any atom is 0.312 e. The summed E-state index contributed by atoms with van der Waals surface area (Å²) in [6.07, 6.45) is 2.04. The minimum atomic E-state index is -0.413. The van der Waals surface area contributed by atoms with E-state index in [1.54, 1.807) is 18.5 Å². The lowest BCUT2D eigenvalue weighted by Crippen LogP contribution is -2.50. The number of hydrogen-bond acceptors (Lipinski definition) is 6. The van der Waals surface area contributed by atoms with Gasteiger partial charge in [-0.25, -0.2) is 0 Å². The Kier molecular flexibility index (Phi) is 6.02. The second-order valence-electron chi connectivity index (χ2n) is 7.87. The molecule has 1 aliphatic heterocycles. The van der Waals surface area contributed by atoms with Crippen LogP contribution in [0.2, 0.25) is 0 Å². The number of piperazine rings is 1. The van der Waals surface area contributed by atoms with E-state index in [4.69, 9.17) is 0 Å². The predicted molar refractivity (Wildman–Crippen MR) is 107 cm³/mol. The van der Waals surface area contributed by atoms with Crippen molar-refractivity contribution in [1.82, 2.24) is 29.4 Å². The zero-order chi connectivity index (χ0) is 21.3. The van der Waals surface area contributed by atoms with Crippen LogP contribution in [0.15, 0.2) is 6.20 Å². The second-order valence-corrected chi connectivity index (χ2v) is 7.87. The van der Waals surface area contributed by atoms with Gasteiger partial charge in [0.15, 0.2) is 0 Å². The lowest BCUT2D eigenvalue weighted by atomic mass is 10.1.